The molecule has 0 aromatic carbocycles. The summed E-state index contributed by atoms with van der Waals surface area (Å²) in [4.78, 5) is 15.5. The molecule has 7 heteroatoms. The fraction of sp³-hybridized carbons (Fsp3) is 0.722. The molecule has 2 fully saturated rings. The zero-order valence-corrected chi connectivity index (χ0v) is 15.1. The second-order valence-electron chi connectivity index (χ2n) is 7.31. The molecule has 0 radical (unpaired) electrons. The van der Waals surface area contributed by atoms with Crippen LogP contribution in [0.15, 0.2) is 17.5 Å². The largest absolute Gasteiger partial charge is 0.401 e. The van der Waals surface area contributed by atoms with Crippen molar-refractivity contribution in [3.05, 3.63) is 22.4 Å². The van der Waals surface area contributed by atoms with Crippen LogP contribution in [-0.2, 0) is 10.2 Å². The van der Waals surface area contributed by atoms with Crippen LogP contribution >= 0.6 is 11.3 Å². The number of carbonyl (C=O) groups is 1. The zero-order valence-electron chi connectivity index (χ0n) is 14.3. The molecule has 1 saturated carbocycles. The maximum Gasteiger partial charge on any atom is 0.401 e. The standard InChI is InChI=1S/C18H25F3N2OS/c19-18(20,21)13-23-9-5-14(6-10-23)12-22-16(24)17(7-1-2-8-17)15-4-3-11-25-15/h3-4,11,14H,1-2,5-10,12-13H2,(H,22,24). The molecular formula is C18H25F3N2OS. The minimum absolute atomic E-state index is 0.102. The van der Waals surface area contributed by atoms with Gasteiger partial charge in [0.1, 0.15) is 0 Å². The summed E-state index contributed by atoms with van der Waals surface area (Å²) >= 11 is 1.64. The highest BCUT2D eigenvalue weighted by molar-refractivity contribution is 7.10. The first kappa shape index (κ1) is 18.7. The molecule has 0 bridgehead atoms. The summed E-state index contributed by atoms with van der Waals surface area (Å²) in [7, 11) is 0. The fourth-order valence-electron chi connectivity index (χ4n) is 4.12. The minimum Gasteiger partial charge on any atom is -0.355 e. The number of nitrogens with one attached hydrogen (secondary N) is 1. The van der Waals surface area contributed by atoms with Crippen LogP contribution in [0.3, 0.4) is 0 Å². The van der Waals surface area contributed by atoms with Crippen molar-refractivity contribution < 1.29 is 18.0 Å². The summed E-state index contributed by atoms with van der Waals surface area (Å²) in [5.74, 6) is 0.375. The number of hydrogen-bond acceptors (Lipinski definition) is 3. The van der Waals surface area contributed by atoms with Crippen LogP contribution in [0.2, 0.25) is 0 Å². The normalized spacial score (nSPS) is 22.2. The van der Waals surface area contributed by atoms with Gasteiger partial charge >= 0.3 is 6.18 Å². The fourth-order valence-corrected chi connectivity index (χ4v) is 5.11. The van der Waals surface area contributed by atoms with Gasteiger partial charge in [-0.05, 0) is 56.1 Å². The van der Waals surface area contributed by atoms with Gasteiger partial charge in [-0.1, -0.05) is 18.9 Å². The van der Waals surface area contributed by atoms with Gasteiger partial charge in [-0.3, -0.25) is 9.69 Å². The quantitative estimate of drug-likeness (QED) is 0.846. The van der Waals surface area contributed by atoms with Crippen molar-refractivity contribution in [3.63, 3.8) is 0 Å². The molecular weight excluding hydrogens is 349 g/mol. The maximum absolute atomic E-state index is 12.9. The molecule has 1 aliphatic heterocycles. The van der Waals surface area contributed by atoms with Gasteiger partial charge in [0.25, 0.3) is 0 Å². The average Bonchev–Trinajstić information content (AvgIpc) is 3.24. The lowest BCUT2D eigenvalue weighted by Gasteiger charge is -2.33. The lowest BCUT2D eigenvalue weighted by Crippen LogP contribution is -2.46. The van der Waals surface area contributed by atoms with Crippen LogP contribution in [0.4, 0.5) is 13.2 Å². The highest BCUT2D eigenvalue weighted by atomic mass is 32.1. The van der Waals surface area contributed by atoms with E-state index in [4.69, 9.17) is 0 Å². The van der Waals surface area contributed by atoms with Gasteiger partial charge in [0.15, 0.2) is 0 Å². The third-order valence-electron chi connectivity index (χ3n) is 5.55. The van der Waals surface area contributed by atoms with Gasteiger partial charge < -0.3 is 5.32 Å². The molecule has 1 N–H and O–H groups in total. The molecule has 1 aromatic heterocycles. The first-order valence-corrected chi connectivity index (χ1v) is 9.88. The number of alkyl halides is 3. The minimum atomic E-state index is -4.13. The first-order chi connectivity index (χ1) is 11.9. The Balaban J connectivity index is 1.50. The number of thiophene rings is 1. The molecule has 0 atom stereocenters. The Morgan fingerprint density at radius 3 is 2.52 bits per heavy atom. The van der Waals surface area contributed by atoms with Gasteiger partial charge in [0, 0.05) is 11.4 Å². The monoisotopic (exact) mass is 374 g/mol. The highest BCUT2D eigenvalue weighted by Crippen LogP contribution is 2.43. The molecule has 1 saturated heterocycles. The number of carbonyl (C=O) groups excluding carboxylic acids is 1. The van der Waals surface area contributed by atoms with Gasteiger partial charge in [0.2, 0.25) is 5.91 Å². The molecule has 0 unspecified atom stereocenters. The van der Waals surface area contributed by atoms with E-state index in [2.05, 4.69) is 5.32 Å². The van der Waals surface area contributed by atoms with Crippen molar-refractivity contribution in [2.75, 3.05) is 26.2 Å². The number of halogens is 3. The average molecular weight is 374 g/mol. The Labute approximate surface area is 150 Å². The predicted molar refractivity (Wildman–Crippen MR) is 92.7 cm³/mol. The second-order valence-corrected chi connectivity index (χ2v) is 8.26. The van der Waals surface area contributed by atoms with Crippen molar-refractivity contribution in [2.24, 2.45) is 5.92 Å². The van der Waals surface area contributed by atoms with E-state index >= 15 is 0 Å². The third kappa shape index (κ3) is 4.56. The van der Waals surface area contributed by atoms with E-state index in [0.717, 1.165) is 30.6 Å². The van der Waals surface area contributed by atoms with Crippen molar-refractivity contribution in [3.8, 4) is 0 Å². The van der Waals surface area contributed by atoms with Crippen molar-refractivity contribution in [1.82, 2.24) is 10.2 Å². The molecule has 140 valence electrons. The molecule has 2 aliphatic rings. The lowest BCUT2D eigenvalue weighted by atomic mass is 9.83. The number of piperidine rings is 1. The van der Waals surface area contributed by atoms with E-state index < -0.39 is 12.7 Å². The van der Waals surface area contributed by atoms with Crippen LogP contribution in [0.25, 0.3) is 0 Å². The van der Waals surface area contributed by atoms with E-state index in [0.29, 0.717) is 32.5 Å². The Kier molecular flexibility index (Phi) is 5.73. The van der Waals surface area contributed by atoms with Crippen molar-refractivity contribution in [1.29, 1.82) is 0 Å². The smallest absolute Gasteiger partial charge is 0.355 e. The summed E-state index contributed by atoms with van der Waals surface area (Å²) in [6.45, 7) is 0.658. The van der Waals surface area contributed by atoms with E-state index in [-0.39, 0.29) is 17.2 Å². The lowest BCUT2D eigenvalue weighted by molar-refractivity contribution is -0.148. The van der Waals surface area contributed by atoms with E-state index in [1.165, 1.54) is 4.90 Å². The number of nitrogens with zero attached hydrogens (tertiary/aromatic N) is 1. The van der Waals surface area contributed by atoms with Gasteiger partial charge in [-0.2, -0.15) is 13.2 Å². The molecule has 2 heterocycles. The van der Waals surface area contributed by atoms with Crippen LogP contribution in [0.1, 0.15) is 43.4 Å². The Morgan fingerprint density at radius 2 is 1.96 bits per heavy atom. The topological polar surface area (TPSA) is 32.3 Å². The molecule has 1 aromatic rings. The van der Waals surface area contributed by atoms with Crippen molar-refractivity contribution in [2.45, 2.75) is 50.1 Å². The molecule has 25 heavy (non-hydrogen) atoms. The Bertz CT molecular complexity index is 559. The van der Waals surface area contributed by atoms with Crippen LogP contribution in [0.5, 0.6) is 0 Å². The number of likely N-dealkylation sites (tertiary alicyclic amines) is 1. The van der Waals surface area contributed by atoms with E-state index in [1.807, 2.05) is 17.5 Å². The molecule has 3 nitrogen and oxygen atoms in total. The van der Waals surface area contributed by atoms with E-state index in [1.54, 1.807) is 11.3 Å². The molecule has 0 spiro atoms. The predicted octanol–water partition coefficient (Wildman–Crippen LogP) is 3.95. The summed E-state index contributed by atoms with van der Waals surface area (Å²) in [5.41, 5.74) is -0.384. The second kappa shape index (κ2) is 7.66. The highest BCUT2D eigenvalue weighted by Gasteiger charge is 2.43. The number of rotatable bonds is 5. The molecule has 3 rings (SSSR count). The third-order valence-corrected chi connectivity index (χ3v) is 6.62. The SMILES string of the molecule is O=C(NCC1CCN(CC(F)(F)F)CC1)C1(c2cccs2)CCCC1. The number of hydrogen-bond donors (Lipinski definition) is 1. The van der Waals surface area contributed by atoms with Crippen LogP contribution in [-0.4, -0.2) is 43.2 Å². The Morgan fingerprint density at radius 1 is 1.28 bits per heavy atom. The summed E-state index contributed by atoms with van der Waals surface area (Å²) in [5, 5.41) is 5.13. The summed E-state index contributed by atoms with van der Waals surface area (Å²) < 4.78 is 37.3. The van der Waals surface area contributed by atoms with Gasteiger partial charge in [-0.15, -0.1) is 11.3 Å². The molecule has 1 amide bonds. The van der Waals surface area contributed by atoms with Crippen LogP contribution < -0.4 is 5.32 Å². The maximum atomic E-state index is 12.9. The van der Waals surface area contributed by atoms with E-state index in [9.17, 15) is 18.0 Å². The molecule has 1 aliphatic carbocycles. The van der Waals surface area contributed by atoms with Crippen molar-refractivity contribution >= 4 is 17.2 Å². The van der Waals surface area contributed by atoms with Crippen LogP contribution in [0, 0.1) is 5.92 Å². The summed E-state index contributed by atoms with van der Waals surface area (Å²) in [6.07, 6.45) is 1.22. The zero-order chi connectivity index (χ0) is 17.9. The number of amides is 1. The van der Waals surface area contributed by atoms with Gasteiger partial charge in [0.05, 0.1) is 12.0 Å². The Hall–Kier alpha value is -1.08. The van der Waals surface area contributed by atoms with Gasteiger partial charge in [-0.25, -0.2) is 0 Å². The summed E-state index contributed by atoms with van der Waals surface area (Å²) in [6, 6.07) is 4.04. The first-order valence-electron chi connectivity index (χ1n) is 9.00.